The van der Waals surface area contributed by atoms with Crippen LogP contribution < -0.4 is 10.6 Å². The number of H-pyrrole nitrogens is 2. The predicted molar refractivity (Wildman–Crippen MR) is 145 cm³/mol. The number of nitrogens with zero attached hydrogens (tertiary/aromatic N) is 4. The Bertz CT molecular complexity index is 1920. The van der Waals surface area contributed by atoms with E-state index in [4.69, 9.17) is 5.73 Å². The Kier molecular flexibility index (Phi) is 4.90. The minimum atomic E-state index is -2.89. The number of carbonyl (C=O) groups is 1. The lowest BCUT2D eigenvalue weighted by atomic mass is 10.1. The zero-order chi connectivity index (χ0) is 26.9. The number of para-hydroxylation sites is 1. The number of alkyl halides is 2. The fourth-order valence-corrected chi connectivity index (χ4v) is 5.37. The molecule has 0 aliphatic carbocycles. The largest absolute Gasteiger partial charge is 0.383 e. The van der Waals surface area contributed by atoms with Gasteiger partial charge in [0.25, 0.3) is 5.92 Å². The summed E-state index contributed by atoms with van der Waals surface area (Å²) in [6.45, 7) is 1.85. The topological polar surface area (TPSA) is 109 Å². The Morgan fingerprint density at radius 1 is 1.05 bits per heavy atom. The van der Waals surface area contributed by atoms with E-state index in [-0.39, 0.29) is 29.3 Å². The number of carbonyl (C=O) groups excluding carboxylic acids is 1. The van der Waals surface area contributed by atoms with Crippen molar-refractivity contribution in [1.82, 2.24) is 24.7 Å². The van der Waals surface area contributed by atoms with Gasteiger partial charge >= 0.3 is 0 Å². The molecule has 0 unspecified atom stereocenters. The van der Waals surface area contributed by atoms with Gasteiger partial charge in [-0.1, -0.05) is 24.3 Å². The number of hydrogen-bond donors (Lipinski definition) is 3. The first kappa shape index (κ1) is 23.2. The summed E-state index contributed by atoms with van der Waals surface area (Å²) in [7, 11) is 0. The highest BCUT2D eigenvalue weighted by Gasteiger charge is 2.43. The summed E-state index contributed by atoms with van der Waals surface area (Å²) in [6.07, 6.45) is 1.46. The molecule has 0 amide bonds. The molecule has 194 valence electrons. The van der Waals surface area contributed by atoms with Gasteiger partial charge in [0.15, 0.2) is 0 Å². The van der Waals surface area contributed by atoms with Crippen molar-refractivity contribution in [2.45, 2.75) is 19.4 Å². The zero-order valence-corrected chi connectivity index (χ0v) is 20.9. The summed E-state index contributed by atoms with van der Waals surface area (Å²) < 4.78 is 30.5. The standard InChI is InChI=1S/C29H23F2N7O/c1-16-34-23-9-7-19(12-24(23)35-16)38-28(32)20(13-33-38)27(39)25-11-18-10-17(6-8-22(18)36-25)14-37-15-29(30,31)21-4-2-3-5-26(21)37/h2-13,36H,14-15,32H2,1H3,(H,34,35). The van der Waals surface area contributed by atoms with Gasteiger partial charge in [0, 0.05) is 28.7 Å². The molecule has 4 heterocycles. The van der Waals surface area contributed by atoms with Gasteiger partial charge in [-0.05, 0) is 55.0 Å². The summed E-state index contributed by atoms with van der Waals surface area (Å²) in [5.41, 5.74) is 11.6. The number of aromatic nitrogens is 5. The van der Waals surface area contributed by atoms with Gasteiger partial charge in [-0.2, -0.15) is 13.9 Å². The summed E-state index contributed by atoms with van der Waals surface area (Å²) in [4.78, 5) is 25.8. The smallest absolute Gasteiger partial charge is 0.292 e. The first-order chi connectivity index (χ1) is 18.8. The number of rotatable bonds is 5. The zero-order valence-electron chi connectivity index (χ0n) is 20.9. The highest BCUT2D eigenvalue weighted by molar-refractivity contribution is 6.12. The van der Waals surface area contributed by atoms with E-state index in [1.807, 2.05) is 43.3 Å². The van der Waals surface area contributed by atoms with Crippen LogP contribution in [-0.2, 0) is 12.5 Å². The summed E-state index contributed by atoms with van der Waals surface area (Å²) in [6, 6.07) is 19.6. The molecule has 8 nitrogen and oxygen atoms in total. The van der Waals surface area contributed by atoms with Crippen LogP contribution in [0.2, 0.25) is 0 Å². The maximum Gasteiger partial charge on any atom is 0.292 e. The molecule has 1 aliphatic heterocycles. The van der Waals surface area contributed by atoms with Gasteiger partial charge in [0.1, 0.15) is 11.6 Å². The molecule has 0 saturated heterocycles. The van der Waals surface area contributed by atoms with E-state index >= 15 is 0 Å². The second-order valence-corrected chi connectivity index (χ2v) is 9.89. The third kappa shape index (κ3) is 3.75. The van der Waals surface area contributed by atoms with E-state index in [0.29, 0.717) is 23.6 Å². The summed E-state index contributed by atoms with van der Waals surface area (Å²) >= 11 is 0. The van der Waals surface area contributed by atoms with Crippen LogP contribution >= 0.6 is 0 Å². The normalized spacial score (nSPS) is 14.4. The lowest BCUT2D eigenvalue weighted by Gasteiger charge is -2.19. The van der Waals surface area contributed by atoms with Crippen LogP contribution in [0.4, 0.5) is 20.3 Å². The van der Waals surface area contributed by atoms with Crippen LogP contribution in [0.25, 0.3) is 27.6 Å². The third-order valence-corrected chi connectivity index (χ3v) is 7.21. The molecule has 0 radical (unpaired) electrons. The van der Waals surface area contributed by atoms with Crippen molar-refractivity contribution in [2.24, 2.45) is 0 Å². The van der Waals surface area contributed by atoms with Crippen molar-refractivity contribution in [3.05, 3.63) is 101 Å². The van der Waals surface area contributed by atoms with Crippen LogP contribution in [0.3, 0.4) is 0 Å². The van der Waals surface area contributed by atoms with Crippen LogP contribution in [0.1, 0.15) is 33.0 Å². The number of imidazole rings is 1. The Balaban J connectivity index is 1.16. The molecular formula is C29H23F2N7O. The van der Waals surface area contributed by atoms with Crippen molar-refractivity contribution in [1.29, 1.82) is 0 Å². The summed E-state index contributed by atoms with van der Waals surface area (Å²) in [5, 5.41) is 5.16. The Labute approximate surface area is 221 Å². The van der Waals surface area contributed by atoms with E-state index < -0.39 is 5.92 Å². The average Bonchev–Trinajstić information content (AvgIpc) is 3.66. The first-order valence-electron chi connectivity index (χ1n) is 12.5. The van der Waals surface area contributed by atoms with Crippen molar-refractivity contribution >= 4 is 39.2 Å². The Morgan fingerprint density at radius 3 is 2.77 bits per heavy atom. The molecule has 1 aliphatic rings. The number of halogens is 2. The van der Waals surface area contributed by atoms with Crippen molar-refractivity contribution < 1.29 is 13.6 Å². The maximum atomic E-state index is 14.5. The summed E-state index contributed by atoms with van der Waals surface area (Å²) in [5.74, 6) is -2.15. The van der Waals surface area contributed by atoms with E-state index in [0.717, 1.165) is 33.3 Å². The molecule has 0 spiro atoms. The molecule has 4 N–H and O–H groups in total. The van der Waals surface area contributed by atoms with Crippen LogP contribution in [0.15, 0.2) is 72.9 Å². The first-order valence-corrected chi connectivity index (χ1v) is 12.5. The van der Waals surface area contributed by atoms with Crippen molar-refractivity contribution in [3.8, 4) is 5.69 Å². The van der Waals surface area contributed by atoms with Crippen LogP contribution in [0.5, 0.6) is 0 Å². The predicted octanol–water partition coefficient (Wildman–Crippen LogP) is 5.46. The molecular weight excluding hydrogens is 500 g/mol. The van der Waals surface area contributed by atoms with Gasteiger partial charge in [-0.25, -0.2) is 9.67 Å². The highest BCUT2D eigenvalue weighted by Crippen LogP contribution is 2.43. The van der Waals surface area contributed by atoms with E-state index in [9.17, 15) is 13.6 Å². The van der Waals surface area contributed by atoms with Crippen LogP contribution in [0, 0.1) is 6.92 Å². The molecule has 10 heteroatoms. The number of aryl methyl sites for hydroxylation is 1. The van der Waals surface area contributed by atoms with Crippen molar-refractivity contribution in [3.63, 3.8) is 0 Å². The van der Waals surface area contributed by atoms with E-state index in [1.54, 1.807) is 29.2 Å². The number of aromatic amines is 2. The number of fused-ring (bicyclic) bond motifs is 3. The fraction of sp³-hybridized carbons (Fsp3) is 0.138. The SMILES string of the molecule is Cc1nc2ccc(-n3ncc(C(=O)c4cc5cc(CN6CC(F)(F)c7ccccc76)ccc5[nH]4)c3N)cc2[nH]1. The Hall–Kier alpha value is -4.99. The van der Waals surface area contributed by atoms with Crippen LogP contribution in [-0.4, -0.2) is 37.1 Å². The van der Waals surface area contributed by atoms with E-state index in [2.05, 4.69) is 20.1 Å². The molecule has 3 aromatic carbocycles. The number of hydrogen-bond acceptors (Lipinski definition) is 5. The molecule has 3 aromatic heterocycles. The van der Waals surface area contributed by atoms with Gasteiger partial charge in [0.05, 0.1) is 40.7 Å². The second kappa shape index (κ2) is 8.26. The lowest BCUT2D eigenvalue weighted by molar-refractivity contribution is 0.0138. The molecule has 0 bridgehead atoms. The number of nitrogen functional groups attached to an aromatic ring is 1. The lowest BCUT2D eigenvalue weighted by Crippen LogP contribution is -2.26. The molecule has 39 heavy (non-hydrogen) atoms. The van der Waals surface area contributed by atoms with Gasteiger partial charge in [-0.3, -0.25) is 4.79 Å². The monoisotopic (exact) mass is 523 g/mol. The molecule has 7 rings (SSSR count). The number of nitrogens with two attached hydrogens (primary N) is 1. The molecule has 0 atom stereocenters. The minimum Gasteiger partial charge on any atom is -0.383 e. The highest BCUT2D eigenvalue weighted by atomic mass is 19.3. The third-order valence-electron chi connectivity index (χ3n) is 7.21. The number of benzene rings is 3. The number of anilines is 2. The Morgan fingerprint density at radius 2 is 1.90 bits per heavy atom. The average molecular weight is 524 g/mol. The second-order valence-electron chi connectivity index (χ2n) is 9.89. The molecule has 0 saturated carbocycles. The van der Waals surface area contributed by atoms with Gasteiger partial charge < -0.3 is 20.6 Å². The minimum absolute atomic E-state index is 0.0540. The van der Waals surface area contributed by atoms with Crippen molar-refractivity contribution in [2.75, 3.05) is 17.2 Å². The fourth-order valence-electron chi connectivity index (χ4n) is 5.37. The van der Waals surface area contributed by atoms with E-state index in [1.165, 1.54) is 16.9 Å². The molecule has 6 aromatic rings. The van der Waals surface area contributed by atoms with Gasteiger partial charge in [0.2, 0.25) is 5.78 Å². The van der Waals surface area contributed by atoms with Gasteiger partial charge in [-0.15, -0.1) is 0 Å². The number of nitrogens with one attached hydrogen (secondary N) is 2. The molecule has 0 fully saturated rings. The quantitative estimate of drug-likeness (QED) is 0.260. The maximum absolute atomic E-state index is 14.5. The number of ketones is 1.